The topological polar surface area (TPSA) is 99.4 Å². The normalized spacial score (nSPS) is 50.4. The highest BCUT2D eigenvalue weighted by Gasteiger charge is 2.71. The third-order valence-corrected chi connectivity index (χ3v) is 10.8. The fourth-order valence-electron chi connectivity index (χ4n) is 8.73. The molecule has 0 radical (unpaired) electrons. The summed E-state index contributed by atoms with van der Waals surface area (Å²) in [5.41, 5.74) is -1.56. The predicted molar refractivity (Wildman–Crippen MR) is 126 cm³/mol. The van der Waals surface area contributed by atoms with Crippen molar-refractivity contribution in [3.05, 3.63) is 11.6 Å². The standard InChI is InChI=1S/C27H41NO5/c1-4-17(2)28-16-25-10-5-19(29)14-26(25,31)11-7-22-21(25)6-9-24(3)20(8-12-27(22,24)32)18-13-23(30)33-15-18/h13,16-17,19-22,29,31-32H,4-12,14-15H2,1-3H3. The first-order chi connectivity index (χ1) is 15.6. The Labute approximate surface area is 197 Å². The van der Waals surface area contributed by atoms with Crippen molar-refractivity contribution in [2.45, 2.75) is 108 Å². The first-order valence-corrected chi connectivity index (χ1v) is 13.1. The van der Waals surface area contributed by atoms with Gasteiger partial charge in [0.1, 0.15) is 6.61 Å². The van der Waals surface area contributed by atoms with Crippen molar-refractivity contribution in [1.29, 1.82) is 0 Å². The molecule has 0 amide bonds. The second kappa shape index (κ2) is 7.89. The third-order valence-electron chi connectivity index (χ3n) is 10.8. The number of rotatable bonds is 4. The molecule has 0 bridgehead atoms. The summed E-state index contributed by atoms with van der Waals surface area (Å²) in [7, 11) is 0. The van der Waals surface area contributed by atoms with Gasteiger partial charge in [0.05, 0.1) is 17.3 Å². The molecule has 33 heavy (non-hydrogen) atoms. The van der Waals surface area contributed by atoms with E-state index >= 15 is 0 Å². The molecule has 9 atom stereocenters. The Balaban J connectivity index is 1.53. The average Bonchev–Trinajstić information content (AvgIpc) is 3.31. The molecule has 184 valence electrons. The van der Waals surface area contributed by atoms with Crippen LogP contribution in [0.25, 0.3) is 0 Å². The van der Waals surface area contributed by atoms with Crippen LogP contribution in [0.5, 0.6) is 0 Å². The summed E-state index contributed by atoms with van der Waals surface area (Å²) in [6.07, 6.45) is 10.7. The fourth-order valence-corrected chi connectivity index (χ4v) is 8.73. The molecule has 5 rings (SSSR count). The summed E-state index contributed by atoms with van der Waals surface area (Å²) in [5.74, 6) is 0.123. The molecule has 1 heterocycles. The summed E-state index contributed by atoms with van der Waals surface area (Å²) in [5, 5.41) is 34.8. The molecular weight excluding hydrogens is 418 g/mol. The third kappa shape index (κ3) is 3.23. The van der Waals surface area contributed by atoms with E-state index in [4.69, 9.17) is 9.73 Å². The van der Waals surface area contributed by atoms with Crippen LogP contribution in [0.1, 0.15) is 85.0 Å². The van der Waals surface area contributed by atoms with Crippen LogP contribution in [-0.4, -0.2) is 57.5 Å². The Morgan fingerprint density at radius 3 is 2.61 bits per heavy atom. The van der Waals surface area contributed by atoms with Crippen molar-refractivity contribution in [3.63, 3.8) is 0 Å². The lowest BCUT2D eigenvalue weighted by molar-refractivity contribution is -0.237. The van der Waals surface area contributed by atoms with Gasteiger partial charge in [0.2, 0.25) is 0 Å². The largest absolute Gasteiger partial charge is 0.458 e. The zero-order valence-electron chi connectivity index (χ0n) is 20.4. The van der Waals surface area contributed by atoms with Crippen molar-refractivity contribution >= 4 is 12.2 Å². The summed E-state index contributed by atoms with van der Waals surface area (Å²) >= 11 is 0. The van der Waals surface area contributed by atoms with Crippen LogP contribution >= 0.6 is 0 Å². The molecule has 1 aliphatic heterocycles. The van der Waals surface area contributed by atoms with Crippen LogP contribution in [0.3, 0.4) is 0 Å². The number of ether oxygens (including phenoxy) is 1. The number of cyclic esters (lactones) is 1. The highest BCUT2D eigenvalue weighted by molar-refractivity contribution is 5.85. The van der Waals surface area contributed by atoms with Gasteiger partial charge in [-0.1, -0.05) is 13.8 Å². The number of carbonyl (C=O) groups is 1. The van der Waals surface area contributed by atoms with Gasteiger partial charge in [0, 0.05) is 35.6 Å². The molecule has 0 spiro atoms. The van der Waals surface area contributed by atoms with Crippen LogP contribution < -0.4 is 0 Å². The number of carbonyl (C=O) groups excluding carboxylic acids is 1. The number of aliphatic imine (C=N–C) groups is 1. The van der Waals surface area contributed by atoms with E-state index in [1.54, 1.807) is 6.08 Å². The Morgan fingerprint density at radius 1 is 1.15 bits per heavy atom. The second-order valence-corrected chi connectivity index (χ2v) is 12.1. The SMILES string of the molecule is CCC(C)N=CC12CCC(O)CC1(O)CCC1C2CCC2(C)C(C3=CC(=O)OC3)CCC12O. The first kappa shape index (κ1) is 23.5. The first-order valence-electron chi connectivity index (χ1n) is 13.1. The van der Waals surface area contributed by atoms with Gasteiger partial charge >= 0.3 is 5.97 Å². The molecule has 6 heteroatoms. The number of aliphatic hydroxyl groups excluding tert-OH is 1. The molecule has 5 aliphatic rings. The Morgan fingerprint density at radius 2 is 1.91 bits per heavy atom. The van der Waals surface area contributed by atoms with Gasteiger partial charge in [-0.2, -0.15) is 0 Å². The van der Waals surface area contributed by atoms with E-state index in [-0.39, 0.29) is 35.2 Å². The van der Waals surface area contributed by atoms with Gasteiger partial charge in [-0.25, -0.2) is 4.79 Å². The van der Waals surface area contributed by atoms with Gasteiger partial charge in [-0.05, 0) is 88.0 Å². The number of nitrogens with zero attached hydrogens (tertiary/aromatic N) is 1. The van der Waals surface area contributed by atoms with Gasteiger partial charge in [-0.15, -0.1) is 0 Å². The van der Waals surface area contributed by atoms with Crippen LogP contribution in [0.4, 0.5) is 0 Å². The molecular formula is C27H41NO5. The second-order valence-electron chi connectivity index (χ2n) is 12.1. The van der Waals surface area contributed by atoms with Crippen LogP contribution in [-0.2, 0) is 9.53 Å². The van der Waals surface area contributed by atoms with E-state index in [0.29, 0.717) is 25.9 Å². The Hall–Kier alpha value is -1.24. The van der Waals surface area contributed by atoms with Crippen LogP contribution in [0.15, 0.2) is 16.6 Å². The van der Waals surface area contributed by atoms with Crippen molar-refractivity contribution in [2.24, 2.45) is 33.6 Å². The zero-order chi connectivity index (χ0) is 23.6. The van der Waals surface area contributed by atoms with Gasteiger partial charge < -0.3 is 20.1 Å². The van der Waals surface area contributed by atoms with E-state index in [0.717, 1.165) is 50.5 Å². The number of fused-ring (bicyclic) bond motifs is 5. The fraction of sp³-hybridized carbons (Fsp3) is 0.852. The molecule has 3 N–H and O–H groups in total. The molecule has 6 nitrogen and oxygen atoms in total. The summed E-state index contributed by atoms with van der Waals surface area (Å²) in [6, 6.07) is 0.190. The van der Waals surface area contributed by atoms with E-state index in [2.05, 4.69) is 27.0 Å². The monoisotopic (exact) mass is 459 g/mol. The molecule has 0 aromatic heterocycles. The lowest BCUT2D eigenvalue weighted by atomic mass is 9.41. The molecule has 0 aromatic rings. The van der Waals surface area contributed by atoms with Crippen molar-refractivity contribution in [1.82, 2.24) is 0 Å². The van der Waals surface area contributed by atoms with E-state index in [9.17, 15) is 20.1 Å². The maximum atomic E-state index is 12.4. The average molecular weight is 460 g/mol. The highest BCUT2D eigenvalue weighted by atomic mass is 16.5. The molecule has 4 fully saturated rings. The molecule has 9 unspecified atom stereocenters. The quantitative estimate of drug-likeness (QED) is 0.441. The minimum absolute atomic E-state index is 0.0822. The Bertz CT molecular complexity index is 871. The molecule has 0 saturated heterocycles. The van der Waals surface area contributed by atoms with Gasteiger partial charge in [0.15, 0.2) is 0 Å². The minimum Gasteiger partial charge on any atom is -0.458 e. The lowest BCUT2D eigenvalue weighted by Gasteiger charge is -2.65. The van der Waals surface area contributed by atoms with Gasteiger partial charge in [-0.3, -0.25) is 4.99 Å². The van der Waals surface area contributed by atoms with Crippen molar-refractivity contribution in [3.8, 4) is 0 Å². The zero-order valence-corrected chi connectivity index (χ0v) is 20.4. The number of hydrogen-bond donors (Lipinski definition) is 3. The molecule has 0 aromatic carbocycles. The molecule has 4 aliphatic carbocycles. The summed E-state index contributed by atoms with van der Waals surface area (Å²) in [4.78, 5) is 16.7. The number of hydrogen-bond acceptors (Lipinski definition) is 6. The highest BCUT2D eigenvalue weighted by Crippen LogP contribution is 2.70. The maximum absolute atomic E-state index is 12.4. The smallest absolute Gasteiger partial charge is 0.331 e. The predicted octanol–water partition coefficient (Wildman–Crippen LogP) is 3.57. The van der Waals surface area contributed by atoms with E-state index in [1.807, 2.05) is 0 Å². The van der Waals surface area contributed by atoms with Crippen molar-refractivity contribution in [2.75, 3.05) is 6.61 Å². The lowest BCUT2D eigenvalue weighted by Crippen LogP contribution is -2.68. The number of esters is 1. The Kier molecular flexibility index (Phi) is 5.62. The van der Waals surface area contributed by atoms with E-state index in [1.165, 1.54) is 0 Å². The summed E-state index contributed by atoms with van der Waals surface area (Å²) in [6.45, 7) is 6.80. The van der Waals surface area contributed by atoms with E-state index < -0.39 is 22.7 Å². The summed E-state index contributed by atoms with van der Waals surface area (Å²) < 4.78 is 5.23. The number of aliphatic hydroxyl groups is 3. The minimum atomic E-state index is -0.973. The van der Waals surface area contributed by atoms with Crippen LogP contribution in [0.2, 0.25) is 0 Å². The van der Waals surface area contributed by atoms with Crippen molar-refractivity contribution < 1.29 is 24.9 Å². The maximum Gasteiger partial charge on any atom is 0.331 e. The van der Waals surface area contributed by atoms with Crippen LogP contribution in [0, 0.1) is 28.6 Å². The van der Waals surface area contributed by atoms with Gasteiger partial charge in [0.25, 0.3) is 0 Å². The molecule has 4 saturated carbocycles.